The molecule has 0 radical (unpaired) electrons. The molecule has 5 heteroatoms. The van der Waals surface area contributed by atoms with Crippen molar-refractivity contribution in [3.63, 3.8) is 0 Å². The molecule has 0 aromatic rings. The topological polar surface area (TPSA) is 48.9 Å². The van der Waals surface area contributed by atoms with Crippen LogP contribution in [0.4, 0.5) is 0 Å². The van der Waals surface area contributed by atoms with Gasteiger partial charge >= 0.3 is 0 Å². The summed E-state index contributed by atoms with van der Waals surface area (Å²) in [6.07, 6.45) is 5.34. The van der Waals surface area contributed by atoms with E-state index in [-0.39, 0.29) is 0 Å². The van der Waals surface area contributed by atoms with Crippen LogP contribution in [0.15, 0.2) is 4.99 Å². The van der Waals surface area contributed by atoms with Crippen LogP contribution in [0.25, 0.3) is 0 Å². The Bertz CT molecular complexity index is 326. The number of aliphatic imine (C=N–C) groups is 1. The van der Waals surface area contributed by atoms with Gasteiger partial charge in [-0.2, -0.15) is 0 Å². The molecule has 0 aromatic heterocycles. The van der Waals surface area contributed by atoms with Crippen LogP contribution in [-0.4, -0.2) is 62.8 Å². The fraction of sp³-hybridized carbons (Fsp3) is 0.938. The van der Waals surface area contributed by atoms with E-state index in [1.165, 1.54) is 32.4 Å². The van der Waals surface area contributed by atoms with E-state index in [9.17, 15) is 0 Å². The first kappa shape index (κ1) is 16.6. The molecule has 0 aromatic carbocycles. The zero-order valence-electron chi connectivity index (χ0n) is 13.9. The van der Waals surface area contributed by atoms with Crippen molar-refractivity contribution < 1.29 is 4.74 Å². The Hall–Kier alpha value is -0.810. The summed E-state index contributed by atoms with van der Waals surface area (Å²) in [6.45, 7) is 9.81. The Morgan fingerprint density at radius 3 is 2.71 bits per heavy atom. The molecule has 2 saturated heterocycles. The number of piperidine rings is 1. The Balaban J connectivity index is 1.67. The van der Waals surface area contributed by atoms with E-state index in [2.05, 4.69) is 34.4 Å². The highest BCUT2D eigenvalue weighted by Crippen LogP contribution is 2.17. The van der Waals surface area contributed by atoms with Crippen LogP contribution in [0, 0.1) is 5.92 Å². The van der Waals surface area contributed by atoms with Gasteiger partial charge in [-0.3, -0.25) is 4.99 Å². The molecule has 2 aliphatic heterocycles. The maximum absolute atomic E-state index is 5.63. The predicted octanol–water partition coefficient (Wildman–Crippen LogP) is 1.45. The summed E-state index contributed by atoms with van der Waals surface area (Å²) >= 11 is 0. The number of likely N-dealkylation sites (tertiary alicyclic amines) is 1. The minimum atomic E-state index is 0.356. The number of hydrogen-bond donors (Lipinski definition) is 2. The molecule has 2 N–H and O–H groups in total. The molecule has 2 fully saturated rings. The number of ether oxygens (including phenoxy) is 1. The molecular formula is C16H32N4O. The second-order valence-electron chi connectivity index (χ2n) is 6.57. The van der Waals surface area contributed by atoms with Crippen LogP contribution in [0.1, 0.15) is 39.5 Å². The van der Waals surface area contributed by atoms with Crippen molar-refractivity contribution in [3.05, 3.63) is 0 Å². The highest BCUT2D eigenvalue weighted by molar-refractivity contribution is 5.79. The Morgan fingerprint density at radius 1 is 1.24 bits per heavy atom. The van der Waals surface area contributed by atoms with Crippen LogP contribution in [-0.2, 0) is 4.74 Å². The second-order valence-corrected chi connectivity index (χ2v) is 6.57. The van der Waals surface area contributed by atoms with Crippen molar-refractivity contribution >= 4 is 5.96 Å². The minimum absolute atomic E-state index is 0.356. The fourth-order valence-electron chi connectivity index (χ4n) is 3.21. The Kier molecular flexibility index (Phi) is 6.77. The number of rotatable bonds is 5. The average Bonchev–Trinajstić information content (AvgIpc) is 3.01. The molecule has 0 amide bonds. The highest BCUT2D eigenvalue weighted by Gasteiger charge is 2.22. The Labute approximate surface area is 129 Å². The van der Waals surface area contributed by atoms with Gasteiger partial charge in [-0.1, -0.05) is 0 Å². The lowest BCUT2D eigenvalue weighted by Gasteiger charge is -2.35. The van der Waals surface area contributed by atoms with Gasteiger partial charge in [0.25, 0.3) is 0 Å². The van der Waals surface area contributed by atoms with E-state index < -0.39 is 0 Å². The van der Waals surface area contributed by atoms with Gasteiger partial charge < -0.3 is 20.3 Å². The maximum atomic E-state index is 5.63. The van der Waals surface area contributed by atoms with E-state index >= 15 is 0 Å². The smallest absolute Gasteiger partial charge is 0.191 e. The van der Waals surface area contributed by atoms with Gasteiger partial charge in [0.05, 0.1) is 6.10 Å². The largest absolute Gasteiger partial charge is 0.376 e. The fourth-order valence-corrected chi connectivity index (χ4v) is 3.21. The van der Waals surface area contributed by atoms with Gasteiger partial charge in [0.15, 0.2) is 5.96 Å². The van der Waals surface area contributed by atoms with Gasteiger partial charge in [0.2, 0.25) is 0 Å². The first-order valence-corrected chi connectivity index (χ1v) is 8.49. The van der Waals surface area contributed by atoms with E-state index in [1.54, 1.807) is 0 Å². The SMILES string of the molecule is CN=C(NCC1CCCN(C(C)C)C1)NCC1CCCO1. The first-order valence-electron chi connectivity index (χ1n) is 8.49. The van der Waals surface area contributed by atoms with Crippen LogP contribution >= 0.6 is 0 Å². The molecule has 2 unspecified atom stereocenters. The quantitative estimate of drug-likeness (QED) is 0.595. The Morgan fingerprint density at radius 2 is 2.05 bits per heavy atom. The predicted molar refractivity (Wildman–Crippen MR) is 87.8 cm³/mol. The van der Waals surface area contributed by atoms with Gasteiger partial charge in [-0.15, -0.1) is 0 Å². The van der Waals surface area contributed by atoms with Gasteiger partial charge in [0.1, 0.15) is 0 Å². The summed E-state index contributed by atoms with van der Waals surface area (Å²) in [4.78, 5) is 6.89. The average molecular weight is 296 g/mol. The van der Waals surface area contributed by atoms with Crippen LogP contribution in [0.3, 0.4) is 0 Å². The van der Waals surface area contributed by atoms with Gasteiger partial charge in [-0.25, -0.2) is 0 Å². The molecule has 0 bridgehead atoms. The van der Waals surface area contributed by atoms with Crippen molar-refractivity contribution in [2.75, 3.05) is 39.8 Å². The zero-order chi connectivity index (χ0) is 15.1. The van der Waals surface area contributed by atoms with E-state index in [0.717, 1.165) is 38.0 Å². The van der Waals surface area contributed by atoms with E-state index in [4.69, 9.17) is 4.74 Å². The standard InChI is InChI=1S/C16H32N4O/c1-13(2)20-8-4-6-14(12-20)10-18-16(17-3)19-11-15-7-5-9-21-15/h13-15H,4-12H2,1-3H3,(H2,17,18,19). The molecule has 0 saturated carbocycles. The van der Waals surface area contributed by atoms with Crippen molar-refractivity contribution in [2.24, 2.45) is 10.9 Å². The molecule has 122 valence electrons. The van der Waals surface area contributed by atoms with Crippen LogP contribution < -0.4 is 10.6 Å². The molecule has 0 spiro atoms. The van der Waals surface area contributed by atoms with Crippen LogP contribution in [0.5, 0.6) is 0 Å². The number of guanidine groups is 1. The summed E-state index contributed by atoms with van der Waals surface area (Å²) < 4.78 is 5.63. The van der Waals surface area contributed by atoms with E-state index in [1.807, 2.05) is 7.05 Å². The molecule has 2 atom stereocenters. The van der Waals surface area contributed by atoms with Crippen LogP contribution in [0.2, 0.25) is 0 Å². The van der Waals surface area contributed by atoms with Gasteiger partial charge in [0, 0.05) is 39.3 Å². The summed E-state index contributed by atoms with van der Waals surface area (Å²) in [6, 6.07) is 0.657. The van der Waals surface area contributed by atoms with E-state index in [0.29, 0.717) is 12.1 Å². The minimum Gasteiger partial charge on any atom is -0.376 e. The second kappa shape index (κ2) is 8.59. The lowest BCUT2D eigenvalue weighted by Crippen LogP contribution is -2.47. The molecule has 0 aliphatic carbocycles. The first-order chi connectivity index (χ1) is 10.2. The molecule has 2 heterocycles. The molecule has 21 heavy (non-hydrogen) atoms. The molecule has 2 rings (SSSR count). The zero-order valence-corrected chi connectivity index (χ0v) is 13.9. The van der Waals surface area contributed by atoms with Crippen molar-refractivity contribution in [2.45, 2.75) is 51.7 Å². The highest BCUT2D eigenvalue weighted by atomic mass is 16.5. The maximum Gasteiger partial charge on any atom is 0.191 e. The van der Waals surface area contributed by atoms with Crippen molar-refractivity contribution in [3.8, 4) is 0 Å². The number of nitrogens with zero attached hydrogens (tertiary/aromatic N) is 2. The summed E-state index contributed by atoms with van der Waals surface area (Å²) in [7, 11) is 1.84. The summed E-state index contributed by atoms with van der Waals surface area (Å²) in [5.74, 6) is 1.63. The van der Waals surface area contributed by atoms with Gasteiger partial charge in [-0.05, 0) is 52.0 Å². The summed E-state index contributed by atoms with van der Waals surface area (Å²) in [5.41, 5.74) is 0. The molecule has 5 nitrogen and oxygen atoms in total. The number of hydrogen-bond acceptors (Lipinski definition) is 3. The lowest BCUT2D eigenvalue weighted by molar-refractivity contribution is 0.113. The number of nitrogens with one attached hydrogen (secondary N) is 2. The third-order valence-corrected chi connectivity index (χ3v) is 4.58. The monoisotopic (exact) mass is 296 g/mol. The lowest BCUT2D eigenvalue weighted by atomic mass is 9.97. The third-order valence-electron chi connectivity index (χ3n) is 4.58. The molecule has 2 aliphatic rings. The third kappa shape index (κ3) is 5.47. The summed E-state index contributed by atoms with van der Waals surface area (Å²) in [5, 5.41) is 6.86. The molecular weight excluding hydrogens is 264 g/mol. The normalized spacial score (nSPS) is 28.1. The van der Waals surface area contributed by atoms with Crippen molar-refractivity contribution in [1.82, 2.24) is 15.5 Å². The van der Waals surface area contributed by atoms with Crippen molar-refractivity contribution in [1.29, 1.82) is 0 Å².